The molecule has 1 heterocycles. The second-order valence-corrected chi connectivity index (χ2v) is 8.12. The summed E-state index contributed by atoms with van der Waals surface area (Å²) in [6, 6.07) is 18.4. The number of rotatable bonds is 10. The van der Waals surface area contributed by atoms with Crippen molar-refractivity contribution in [2.45, 2.75) is 39.0 Å². The van der Waals surface area contributed by atoms with Crippen LogP contribution in [0.25, 0.3) is 0 Å². The molecule has 6 nitrogen and oxygen atoms in total. The normalized spacial score (nSPS) is 18.1. The highest BCUT2D eigenvalue weighted by atomic mass is 16.5. The van der Waals surface area contributed by atoms with E-state index in [9.17, 15) is 14.4 Å². The smallest absolute Gasteiger partial charge is 0.314 e. The lowest BCUT2D eigenvalue weighted by atomic mass is 9.77. The van der Waals surface area contributed by atoms with Crippen LogP contribution < -0.4 is 4.74 Å². The first-order valence-electron chi connectivity index (χ1n) is 11.3. The first kappa shape index (κ1) is 23.5. The molecule has 1 saturated heterocycles. The molecule has 0 aromatic heterocycles. The molecule has 0 aliphatic carbocycles. The van der Waals surface area contributed by atoms with Crippen molar-refractivity contribution in [1.82, 2.24) is 4.90 Å². The number of nitrogens with zero attached hydrogens (tertiary/aromatic N) is 1. The van der Waals surface area contributed by atoms with Gasteiger partial charge in [-0.05, 0) is 38.3 Å². The molecule has 1 aliphatic rings. The van der Waals surface area contributed by atoms with Crippen LogP contribution in [0.2, 0.25) is 0 Å². The van der Waals surface area contributed by atoms with Gasteiger partial charge < -0.3 is 14.4 Å². The van der Waals surface area contributed by atoms with Crippen molar-refractivity contribution < 1.29 is 23.9 Å². The second kappa shape index (κ2) is 11.5. The van der Waals surface area contributed by atoms with Crippen LogP contribution >= 0.6 is 0 Å². The fourth-order valence-electron chi connectivity index (χ4n) is 4.13. The van der Waals surface area contributed by atoms with Crippen LogP contribution in [0.4, 0.5) is 0 Å². The molecule has 1 fully saturated rings. The highest BCUT2D eigenvalue weighted by molar-refractivity contribution is 5.98. The highest BCUT2D eigenvalue weighted by Crippen LogP contribution is 2.35. The summed E-state index contributed by atoms with van der Waals surface area (Å²) in [5.74, 6) is 0.305. The highest BCUT2D eigenvalue weighted by Gasteiger charge is 2.44. The average Bonchev–Trinajstić information content (AvgIpc) is 2.84. The zero-order chi connectivity index (χ0) is 22.8. The molecule has 6 heteroatoms. The van der Waals surface area contributed by atoms with Gasteiger partial charge in [-0.25, -0.2) is 0 Å². The van der Waals surface area contributed by atoms with Gasteiger partial charge in [-0.1, -0.05) is 48.5 Å². The van der Waals surface area contributed by atoms with E-state index in [0.29, 0.717) is 51.1 Å². The molecular weight excluding hydrogens is 406 g/mol. The Balaban J connectivity index is 1.61. The molecule has 1 unspecified atom stereocenters. The number of esters is 1. The fourth-order valence-corrected chi connectivity index (χ4v) is 4.13. The Hall–Kier alpha value is -3.15. The number of likely N-dealkylation sites (tertiary alicyclic amines) is 1. The first-order chi connectivity index (χ1) is 15.5. The Labute approximate surface area is 189 Å². The van der Waals surface area contributed by atoms with Crippen molar-refractivity contribution >= 4 is 17.7 Å². The number of piperidine rings is 1. The molecule has 0 spiro atoms. The van der Waals surface area contributed by atoms with E-state index in [2.05, 4.69) is 0 Å². The maximum atomic E-state index is 12.9. The van der Waals surface area contributed by atoms with Crippen molar-refractivity contribution in [1.29, 1.82) is 0 Å². The van der Waals surface area contributed by atoms with Gasteiger partial charge in [0.05, 0.1) is 18.6 Å². The molecule has 2 aromatic rings. The summed E-state index contributed by atoms with van der Waals surface area (Å²) in [6.45, 7) is 3.31. The maximum Gasteiger partial charge on any atom is 0.314 e. The summed E-state index contributed by atoms with van der Waals surface area (Å²) < 4.78 is 11.2. The van der Waals surface area contributed by atoms with Crippen molar-refractivity contribution in [2.75, 3.05) is 26.3 Å². The van der Waals surface area contributed by atoms with Crippen LogP contribution in [-0.2, 0) is 14.3 Å². The third-order valence-corrected chi connectivity index (χ3v) is 5.89. The summed E-state index contributed by atoms with van der Waals surface area (Å²) in [7, 11) is 0. The quantitative estimate of drug-likeness (QED) is 0.410. The number of carbonyl (C=O) groups excluding carboxylic acids is 3. The molecular formula is C26H31NO5. The Bertz CT molecular complexity index is 899. The summed E-state index contributed by atoms with van der Waals surface area (Å²) in [5.41, 5.74) is -0.180. The topological polar surface area (TPSA) is 72.9 Å². The fraction of sp³-hybridized carbons (Fsp3) is 0.423. The van der Waals surface area contributed by atoms with E-state index in [1.807, 2.05) is 48.5 Å². The van der Waals surface area contributed by atoms with E-state index < -0.39 is 5.41 Å². The molecule has 32 heavy (non-hydrogen) atoms. The Kier molecular flexibility index (Phi) is 8.42. The van der Waals surface area contributed by atoms with Gasteiger partial charge in [-0.15, -0.1) is 0 Å². The van der Waals surface area contributed by atoms with Gasteiger partial charge in [-0.2, -0.15) is 0 Å². The summed E-state index contributed by atoms with van der Waals surface area (Å²) in [6.07, 6.45) is 2.11. The predicted molar refractivity (Wildman–Crippen MR) is 121 cm³/mol. The largest absolute Gasteiger partial charge is 0.494 e. The number of ether oxygens (including phenoxy) is 2. The number of ketones is 1. The molecule has 3 rings (SSSR count). The Morgan fingerprint density at radius 1 is 0.969 bits per heavy atom. The number of hydrogen-bond donors (Lipinski definition) is 0. The Morgan fingerprint density at radius 2 is 1.66 bits per heavy atom. The van der Waals surface area contributed by atoms with Gasteiger partial charge in [-0.3, -0.25) is 14.4 Å². The second-order valence-electron chi connectivity index (χ2n) is 8.12. The first-order valence-corrected chi connectivity index (χ1v) is 11.3. The number of benzene rings is 2. The molecule has 2 aromatic carbocycles. The Morgan fingerprint density at radius 3 is 2.34 bits per heavy atom. The molecule has 0 radical (unpaired) electrons. The molecule has 1 amide bonds. The number of amides is 1. The average molecular weight is 438 g/mol. The summed E-state index contributed by atoms with van der Waals surface area (Å²) >= 11 is 0. The van der Waals surface area contributed by atoms with E-state index in [-0.39, 0.29) is 30.5 Å². The molecule has 1 atom stereocenters. The zero-order valence-electron chi connectivity index (χ0n) is 18.6. The van der Waals surface area contributed by atoms with Crippen molar-refractivity contribution in [2.24, 2.45) is 5.41 Å². The van der Waals surface area contributed by atoms with Crippen LogP contribution in [0.15, 0.2) is 60.7 Å². The molecule has 170 valence electrons. The molecule has 0 bridgehead atoms. The number of hydrogen-bond acceptors (Lipinski definition) is 5. The number of carbonyl (C=O) groups is 3. The predicted octanol–water partition coefficient (Wildman–Crippen LogP) is 4.29. The van der Waals surface area contributed by atoms with E-state index >= 15 is 0 Å². The van der Waals surface area contributed by atoms with E-state index in [4.69, 9.17) is 9.47 Å². The van der Waals surface area contributed by atoms with Crippen molar-refractivity contribution in [3.05, 3.63) is 66.2 Å². The number of Topliss-reactive ketones (excluding diaryl/α,β-unsaturated/α-hetero) is 1. The van der Waals surface area contributed by atoms with Crippen LogP contribution in [0.5, 0.6) is 5.75 Å². The minimum absolute atomic E-state index is 0.0520. The minimum atomic E-state index is -0.790. The third-order valence-electron chi connectivity index (χ3n) is 5.89. The van der Waals surface area contributed by atoms with E-state index in [0.717, 1.165) is 5.75 Å². The molecule has 1 aliphatic heterocycles. The molecule has 0 saturated carbocycles. The monoisotopic (exact) mass is 437 g/mol. The summed E-state index contributed by atoms with van der Waals surface area (Å²) in [4.78, 5) is 39.9. The van der Waals surface area contributed by atoms with Gasteiger partial charge >= 0.3 is 5.97 Å². The number of para-hydroxylation sites is 1. The third kappa shape index (κ3) is 6.19. The van der Waals surface area contributed by atoms with Gasteiger partial charge in [0.15, 0.2) is 5.78 Å². The maximum absolute atomic E-state index is 12.9. The molecule has 0 N–H and O–H groups in total. The lowest BCUT2D eigenvalue weighted by Crippen LogP contribution is -2.51. The van der Waals surface area contributed by atoms with Crippen LogP contribution in [0, 0.1) is 5.41 Å². The lowest BCUT2D eigenvalue weighted by molar-refractivity contribution is -0.162. The lowest BCUT2D eigenvalue weighted by Gasteiger charge is -2.41. The van der Waals surface area contributed by atoms with Gasteiger partial charge in [0.1, 0.15) is 5.75 Å². The minimum Gasteiger partial charge on any atom is -0.494 e. The zero-order valence-corrected chi connectivity index (χ0v) is 18.6. The van der Waals surface area contributed by atoms with Crippen LogP contribution in [0.1, 0.15) is 49.4 Å². The van der Waals surface area contributed by atoms with E-state index in [1.54, 1.807) is 24.0 Å². The summed E-state index contributed by atoms with van der Waals surface area (Å²) in [5, 5.41) is 0. The van der Waals surface area contributed by atoms with Crippen molar-refractivity contribution in [3.63, 3.8) is 0 Å². The van der Waals surface area contributed by atoms with Crippen LogP contribution in [-0.4, -0.2) is 48.9 Å². The van der Waals surface area contributed by atoms with Gasteiger partial charge in [0.2, 0.25) is 5.91 Å². The SMILES string of the molecule is CCOC(=O)C1(CCOc2ccccc2)CCCN(C(=O)CCC(=O)c2ccccc2)C1. The van der Waals surface area contributed by atoms with E-state index in [1.165, 1.54) is 0 Å². The van der Waals surface area contributed by atoms with Crippen LogP contribution in [0.3, 0.4) is 0 Å². The van der Waals surface area contributed by atoms with Gasteiger partial charge in [0.25, 0.3) is 0 Å². The van der Waals surface area contributed by atoms with Crippen molar-refractivity contribution in [3.8, 4) is 5.75 Å². The van der Waals surface area contributed by atoms with Gasteiger partial charge in [0, 0.05) is 31.5 Å². The standard InChI is InChI=1S/C26H31NO5/c1-2-31-25(30)26(17-19-32-22-12-7-4-8-13-22)16-9-18-27(20-26)24(29)15-14-23(28)21-10-5-3-6-11-21/h3-8,10-13H,2,9,14-20H2,1H3.